The van der Waals surface area contributed by atoms with Gasteiger partial charge in [-0.25, -0.2) is 4.79 Å². The second-order valence-electron chi connectivity index (χ2n) is 5.08. The van der Waals surface area contributed by atoms with Crippen molar-refractivity contribution < 1.29 is 24.1 Å². The van der Waals surface area contributed by atoms with Gasteiger partial charge in [0, 0.05) is 12.1 Å². The van der Waals surface area contributed by atoms with Gasteiger partial charge in [0.25, 0.3) is 0 Å². The van der Waals surface area contributed by atoms with E-state index in [2.05, 4.69) is 0 Å². The topological polar surface area (TPSA) is 65.0 Å². The van der Waals surface area contributed by atoms with Gasteiger partial charge in [0.05, 0.1) is 19.3 Å². The van der Waals surface area contributed by atoms with Gasteiger partial charge in [-0.3, -0.25) is 0 Å². The van der Waals surface area contributed by atoms with Gasteiger partial charge in [-0.15, -0.1) is 0 Å². The fraction of sp³-hybridized carbons (Fsp3) is 0.278. The number of halogens is 1. The molecule has 6 heteroatoms. The highest BCUT2D eigenvalue weighted by Crippen LogP contribution is 2.28. The van der Waals surface area contributed by atoms with Crippen molar-refractivity contribution in [3.05, 3.63) is 64.2 Å². The maximum atomic E-state index is 11.9. The normalized spacial score (nSPS) is 11.8. The van der Waals surface area contributed by atoms with Crippen LogP contribution in [0.25, 0.3) is 0 Å². The van der Waals surface area contributed by atoms with Crippen molar-refractivity contribution in [3.8, 4) is 5.75 Å². The number of ether oxygens (including phenoxy) is 3. The molecule has 2 aromatic carbocycles. The average molecular weight is 351 g/mol. The number of hydrogen-bond acceptors (Lipinski definition) is 5. The lowest BCUT2D eigenvalue weighted by atomic mass is 9.99. The molecule has 2 aromatic rings. The molecule has 1 N–H and O–H groups in total. The Morgan fingerprint density at radius 3 is 2.58 bits per heavy atom. The second kappa shape index (κ2) is 8.68. The number of hydrogen-bond donors (Lipinski definition) is 1. The van der Waals surface area contributed by atoms with E-state index in [0.717, 1.165) is 0 Å². The Kier molecular flexibility index (Phi) is 6.61. The van der Waals surface area contributed by atoms with Gasteiger partial charge in [0.2, 0.25) is 0 Å². The molecule has 0 fully saturated rings. The summed E-state index contributed by atoms with van der Waals surface area (Å²) in [7, 11) is 2.87. The van der Waals surface area contributed by atoms with E-state index < -0.39 is 12.1 Å². The van der Waals surface area contributed by atoms with Crippen molar-refractivity contribution in [3.63, 3.8) is 0 Å². The summed E-state index contributed by atoms with van der Waals surface area (Å²) in [5.74, 6) is -0.0576. The van der Waals surface area contributed by atoms with E-state index in [0.29, 0.717) is 40.7 Å². The van der Waals surface area contributed by atoms with Crippen molar-refractivity contribution in [2.45, 2.75) is 6.10 Å². The maximum absolute atomic E-state index is 11.9. The van der Waals surface area contributed by atoms with Crippen LogP contribution in [0.15, 0.2) is 42.5 Å². The SMILES string of the molecule is COCCOc1cc(C(=O)OC)cc(C(O)c2cccc(Cl)c2)c1. The molecule has 1 atom stereocenters. The summed E-state index contributed by atoms with van der Waals surface area (Å²) in [5, 5.41) is 11.1. The van der Waals surface area contributed by atoms with Gasteiger partial charge in [0.1, 0.15) is 18.5 Å². The van der Waals surface area contributed by atoms with Crippen LogP contribution in [-0.4, -0.2) is 38.5 Å². The Morgan fingerprint density at radius 1 is 1.12 bits per heavy atom. The molecule has 2 rings (SSSR count). The van der Waals surface area contributed by atoms with E-state index in [-0.39, 0.29) is 0 Å². The number of esters is 1. The third kappa shape index (κ3) is 4.71. The molecule has 0 spiro atoms. The molecule has 0 bridgehead atoms. The summed E-state index contributed by atoms with van der Waals surface area (Å²) in [4.78, 5) is 11.9. The van der Waals surface area contributed by atoms with Crippen LogP contribution in [0.1, 0.15) is 27.6 Å². The van der Waals surface area contributed by atoms with Gasteiger partial charge >= 0.3 is 5.97 Å². The molecule has 0 amide bonds. The number of carbonyl (C=O) groups is 1. The van der Waals surface area contributed by atoms with Crippen LogP contribution in [-0.2, 0) is 9.47 Å². The lowest BCUT2D eigenvalue weighted by Crippen LogP contribution is -2.09. The molecule has 24 heavy (non-hydrogen) atoms. The number of aliphatic hydroxyl groups excluding tert-OH is 1. The zero-order chi connectivity index (χ0) is 17.5. The van der Waals surface area contributed by atoms with Crippen LogP contribution < -0.4 is 4.74 Å². The first-order valence-corrected chi connectivity index (χ1v) is 7.71. The van der Waals surface area contributed by atoms with Gasteiger partial charge in [0.15, 0.2) is 0 Å². The van der Waals surface area contributed by atoms with Crippen LogP contribution in [0.2, 0.25) is 5.02 Å². The summed E-state index contributed by atoms with van der Waals surface area (Å²) in [6.45, 7) is 0.739. The molecular weight excluding hydrogens is 332 g/mol. The molecule has 0 aliphatic heterocycles. The smallest absolute Gasteiger partial charge is 0.337 e. The molecule has 1 unspecified atom stereocenters. The van der Waals surface area contributed by atoms with Crippen molar-refractivity contribution in [1.82, 2.24) is 0 Å². The first-order valence-electron chi connectivity index (χ1n) is 7.33. The Balaban J connectivity index is 2.36. The van der Waals surface area contributed by atoms with Gasteiger partial charge in [-0.1, -0.05) is 23.7 Å². The van der Waals surface area contributed by atoms with Crippen LogP contribution in [0, 0.1) is 0 Å². The van der Waals surface area contributed by atoms with E-state index in [4.69, 9.17) is 25.8 Å². The molecule has 0 saturated heterocycles. The molecule has 0 heterocycles. The maximum Gasteiger partial charge on any atom is 0.337 e. The van der Waals surface area contributed by atoms with Gasteiger partial charge < -0.3 is 19.3 Å². The van der Waals surface area contributed by atoms with Crippen LogP contribution in [0.3, 0.4) is 0 Å². The summed E-state index contributed by atoms with van der Waals surface area (Å²) >= 11 is 5.97. The van der Waals surface area contributed by atoms with Crippen LogP contribution >= 0.6 is 11.6 Å². The Labute approximate surface area is 145 Å². The van der Waals surface area contributed by atoms with Crippen molar-refractivity contribution in [1.29, 1.82) is 0 Å². The molecule has 0 saturated carbocycles. The predicted molar refractivity (Wildman–Crippen MR) is 90.7 cm³/mol. The van der Waals surface area contributed by atoms with E-state index in [1.807, 2.05) is 0 Å². The Bertz CT molecular complexity index is 702. The Morgan fingerprint density at radius 2 is 1.92 bits per heavy atom. The Hall–Kier alpha value is -2.08. The number of rotatable bonds is 7. The van der Waals surface area contributed by atoms with Gasteiger partial charge in [-0.2, -0.15) is 0 Å². The minimum absolute atomic E-state index is 0.295. The van der Waals surface area contributed by atoms with Crippen molar-refractivity contribution in [2.24, 2.45) is 0 Å². The van der Waals surface area contributed by atoms with Crippen molar-refractivity contribution >= 4 is 17.6 Å². The fourth-order valence-electron chi connectivity index (χ4n) is 2.21. The van der Waals surface area contributed by atoms with Crippen LogP contribution in [0.5, 0.6) is 5.75 Å². The second-order valence-corrected chi connectivity index (χ2v) is 5.52. The van der Waals surface area contributed by atoms with E-state index in [9.17, 15) is 9.90 Å². The van der Waals surface area contributed by atoms with E-state index in [1.165, 1.54) is 7.11 Å². The monoisotopic (exact) mass is 350 g/mol. The lowest BCUT2D eigenvalue weighted by Gasteiger charge is -2.15. The first kappa shape index (κ1) is 18.3. The predicted octanol–water partition coefficient (Wildman–Crippen LogP) is 3.23. The minimum atomic E-state index is -0.946. The van der Waals surface area contributed by atoms with Gasteiger partial charge in [-0.05, 0) is 41.5 Å². The molecule has 0 radical (unpaired) electrons. The summed E-state index contributed by atoms with van der Waals surface area (Å²) in [6.07, 6.45) is -0.946. The minimum Gasteiger partial charge on any atom is -0.491 e. The standard InChI is InChI=1S/C18H19ClO5/c1-22-6-7-24-16-10-13(8-14(11-16)18(21)23-2)17(20)12-4-3-5-15(19)9-12/h3-5,8-11,17,20H,6-7H2,1-2H3. The zero-order valence-electron chi connectivity index (χ0n) is 13.5. The number of carbonyl (C=O) groups excluding carboxylic acids is 1. The fourth-order valence-corrected chi connectivity index (χ4v) is 2.41. The molecule has 128 valence electrons. The molecule has 0 aromatic heterocycles. The molecule has 5 nitrogen and oxygen atoms in total. The quantitative estimate of drug-likeness (QED) is 0.613. The average Bonchev–Trinajstić information content (AvgIpc) is 2.60. The molecule has 0 aliphatic carbocycles. The number of methoxy groups -OCH3 is 2. The molecule has 0 aliphatic rings. The largest absolute Gasteiger partial charge is 0.491 e. The van der Waals surface area contributed by atoms with E-state index in [1.54, 1.807) is 49.6 Å². The lowest BCUT2D eigenvalue weighted by molar-refractivity contribution is 0.0599. The number of benzene rings is 2. The first-order chi connectivity index (χ1) is 11.5. The highest BCUT2D eigenvalue weighted by Gasteiger charge is 2.16. The number of aliphatic hydroxyl groups is 1. The van der Waals surface area contributed by atoms with Crippen LogP contribution in [0.4, 0.5) is 0 Å². The highest BCUT2D eigenvalue weighted by molar-refractivity contribution is 6.30. The highest BCUT2D eigenvalue weighted by atomic mass is 35.5. The van der Waals surface area contributed by atoms with Crippen molar-refractivity contribution in [2.75, 3.05) is 27.4 Å². The molecular formula is C18H19ClO5. The third-order valence-corrected chi connectivity index (χ3v) is 3.62. The third-order valence-electron chi connectivity index (χ3n) is 3.39. The summed E-state index contributed by atoms with van der Waals surface area (Å²) in [5.41, 5.74) is 1.42. The zero-order valence-corrected chi connectivity index (χ0v) is 14.2. The van der Waals surface area contributed by atoms with E-state index >= 15 is 0 Å². The summed E-state index contributed by atoms with van der Waals surface area (Å²) in [6, 6.07) is 11.7. The summed E-state index contributed by atoms with van der Waals surface area (Å²) < 4.78 is 15.3.